The van der Waals surface area contributed by atoms with E-state index in [2.05, 4.69) is 10.6 Å². The van der Waals surface area contributed by atoms with Gasteiger partial charge in [-0.3, -0.25) is 9.69 Å². The zero-order chi connectivity index (χ0) is 22.4. The summed E-state index contributed by atoms with van der Waals surface area (Å²) in [5.74, 6) is -0.346. The summed E-state index contributed by atoms with van der Waals surface area (Å²) in [5, 5.41) is 5.38. The molecule has 1 aliphatic rings. The summed E-state index contributed by atoms with van der Waals surface area (Å²) in [6, 6.07) is 5.29. The molecular formula is C21H30F3N3O3. The van der Waals surface area contributed by atoms with Gasteiger partial charge in [0.1, 0.15) is 5.60 Å². The number of piperidine rings is 1. The number of halogens is 3. The first-order valence-electron chi connectivity index (χ1n) is 10.1. The minimum atomic E-state index is -4.37. The van der Waals surface area contributed by atoms with Gasteiger partial charge in [0, 0.05) is 26.2 Å². The predicted molar refractivity (Wildman–Crippen MR) is 107 cm³/mol. The molecule has 6 nitrogen and oxygen atoms in total. The summed E-state index contributed by atoms with van der Waals surface area (Å²) >= 11 is 0. The molecule has 0 radical (unpaired) electrons. The van der Waals surface area contributed by atoms with Crippen LogP contribution in [0.5, 0.6) is 0 Å². The zero-order valence-electron chi connectivity index (χ0n) is 17.6. The lowest BCUT2D eigenvalue weighted by Gasteiger charge is -2.32. The lowest BCUT2D eigenvalue weighted by Crippen LogP contribution is -2.44. The quantitative estimate of drug-likeness (QED) is 0.679. The molecule has 2 N–H and O–H groups in total. The fourth-order valence-electron chi connectivity index (χ4n) is 3.33. The number of alkyl carbamates (subject to hydrolysis) is 1. The van der Waals surface area contributed by atoms with Crippen LogP contribution in [0.1, 0.15) is 44.7 Å². The zero-order valence-corrected chi connectivity index (χ0v) is 17.6. The maximum atomic E-state index is 12.9. The number of hydrogen-bond donors (Lipinski definition) is 2. The largest absolute Gasteiger partial charge is 0.444 e. The maximum absolute atomic E-state index is 12.9. The third-order valence-electron chi connectivity index (χ3n) is 4.63. The van der Waals surface area contributed by atoms with Gasteiger partial charge < -0.3 is 15.4 Å². The number of amides is 2. The lowest BCUT2D eigenvalue weighted by molar-refractivity contribution is -0.137. The van der Waals surface area contributed by atoms with Crippen molar-refractivity contribution >= 4 is 12.0 Å². The highest BCUT2D eigenvalue weighted by molar-refractivity contribution is 5.79. The average molecular weight is 429 g/mol. The molecular weight excluding hydrogens is 399 g/mol. The van der Waals surface area contributed by atoms with Gasteiger partial charge in [0.15, 0.2) is 0 Å². The van der Waals surface area contributed by atoms with Crippen molar-refractivity contribution in [2.45, 2.75) is 51.9 Å². The average Bonchev–Trinajstić information content (AvgIpc) is 2.63. The summed E-state index contributed by atoms with van der Waals surface area (Å²) in [7, 11) is 0. The first kappa shape index (κ1) is 24.0. The predicted octanol–water partition coefficient (Wildman–Crippen LogP) is 3.56. The van der Waals surface area contributed by atoms with E-state index in [1.807, 2.05) is 4.90 Å². The molecule has 9 heteroatoms. The van der Waals surface area contributed by atoms with Crippen LogP contribution in [0.3, 0.4) is 0 Å². The molecule has 1 unspecified atom stereocenters. The number of benzene rings is 1. The molecule has 2 amide bonds. The fraction of sp³-hybridized carbons (Fsp3) is 0.619. The van der Waals surface area contributed by atoms with E-state index >= 15 is 0 Å². The van der Waals surface area contributed by atoms with Crippen LogP contribution in [0.2, 0.25) is 0 Å². The second-order valence-corrected chi connectivity index (χ2v) is 8.49. The van der Waals surface area contributed by atoms with Crippen molar-refractivity contribution in [1.82, 2.24) is 15.5 Å². The number of nitrogens with one attached hydrogen (secondary N) is 2. The molecule has 0 aliphatic carbocycles. The molecule has 0 aromatic heterocycles. The van der Waals surface area contributed by atoms with E-state index in [4.69, 9.17) is 4.74 Å². The minimum absolute atomic E-state index is 0.116. The maximum Gasteiger partial charge on any atom is 0.416 e. The first-order valence-corrected chi connectivity index (χ1v) is 10.1. The Morgan fingerprint density at radius 3 is 2.53 bits per heavy atom. The third kappa shape index (κ3) is 8.22. The van der Waals surface area contributed by atoms with Gasteiger partial charge in [0.25, 0.3) is 0 Å². The molecule has 0 spiro atoms. The Morgan fingerprint density at radius 2 is 1.87 bits per heavy atom. The van der Waals surface area contributed by atoms with Crippen LogP contribution in [-0.4, -0.2) is 48.7 Å². The van der Waals surface area contributed by atoms with Gasteiger partial charge in [-0.15, -0.1) is 0 Å². The van der Waals surface area contributed by atoms with Crippen molar-refractivity contribution in [1.29, 1.82) is 0 Å². The SMILES string of the molecule is CC(C)(C)OC(=O)NCCNC(=O)C1CCCN(Cc2cccc(C(F)(F)F)c2)C1. The highest BCUT2D eigenvalue weighted by Gasteiger charge is 2.31. The van der Waals surface area contributed by atoms with Crippen LogP contribution in [0.25, 0.3) is 0 Å². The van der Waals surface area contributed by atoms with Crippen LogP contribution in [-0.2, 0) is 22.3 Å². The molecule has 1 fully saturated rings. The summed E-state index contributed by atoms with van der Waals surface area (Å²) < 4.78 is 43.8. The van der Waals surface area contributed by atoms with E-state index in [9.17, 15) is 22.8 Å². The van der Waals surface area contributed by atoms with Crippen molar-refractivity contribution < 1.29 is 27.5 Å². The molecule has 1 saturated heterocycles. The van der Waals surface area contributed by atoms with Gasteiger partial charge in [-0.05, 0) is 51.8 Å². The van der Waals surface area contributed by atoms with E-state index < -0.39 is 23.4 Å². The summed E-state index contributed by atoms with van der Waals surface area (Å²) in [4.78, 5) is 26.0. The topological polar surface area (TPSA) is 70.7 Å². The van der Waals surface area contributed by atoms with E-state index in [0.29, 0.717) is 18.7 Å². The Balaban J connectivity index is 1.78. The molecule has 30 heavy (non-hydrogen) atoms. The summed E-state index contributed by atoms with van der Waals surface area (Å²) in [5.41, 5.74) is -0.672. The molecule has 1 atom stereocenters. The Bertz CT molecular complexity index is 732. The molecule has 1 heterocycles. The van der Waals surface area contributed by atoms with E-state index in [1.54, 1.807) is 26.8 Å². The standard InChI is InChI=1S/C21H30F3N3O3/c1-20(2,3)30-19(29)26-10-9-25-18(28)16-7-5-11-27(14-16)13-15-6-4-8-17(12-15)21(22,23)24/h4,6,8,12,16H,5,7,9-11,13-14H2,1-3H3,(H,25,28)(H,26,29). The number of nitrogens with zero attached hydrogens (tertiary/aromatic N) is 1. The minimum Gasteiger partial charge on any atom is -0.444 e. The van der Waals surface area contributed by atoms with E-state index in [1.165, 1.54) is 6.07 Å². The molecule has 2 rings (SSSR count). The number of rotatable bonds is 6. The monoisotopic (exact) mass is 429 g/mol. The van der Waals surface area contributed by atoms with Gasteiger partial charge in [0.05, 0.1) is 11.5 Å². The number of likely N-dealkylation sites (tertiary alicyclic amines) is 1. The number of ether oxygens (including phenoxy) is 1. The number of hydrogen-bond acceptors (Lipinski definition) is 4. The van der Waals surface area contributed by atoms with Crippen LogP contribution in [0.15, 0.2) is 24.3 Å². The highest BCUT2D eigenvalue weighted by atomic mass is 19.4. The van der Waals surface area contributed by atoms with E-state index in [0.717, 1.165) is 31.5 Å². The number of carbonyl (C=O) groups is 2. The Hall–Kier alpha value is -2.29. The molecule has 1 aromatic rings. The highest BCUT2D eigenvalue weighted by Crippen LogP contribution is 2.30. The molecule has 0 saturated carbocycles. The number of alkyl halides is 3. The van der Waals surface area contributed by atoms with Crippen LogP contribution < -0.4 is 10.6 Å². The lowest BCUT2D eigenvalue weighted by atomic mass is 9.96. The Kier molecular flexibility index (Phi) is 8.11. The summed E-state index contributed by atoms with van der Waals surface area (Å²) in [6.07, 6.45) is -3.38. The fourth-order valence-corrected chi connectivity index (χ4v) is 3.33. The van der Waals surface area contributed by atoms with Crippen LogP contribution in [0.4, 0.5) is 18.0 Å². The molecule has 1 aromatic carbocycles. The van der Waals surface area contributed by atoms with Crippen molar-refractivity contribution in [3.8, 4) is 0 Å². The van der Waals surface area contributed by atoms with Gasteiger partial charge in [0.2, 0.25) is 5.91 Å². The van der Waals surface area contributed by atoms with Crippen LogP contribution >= 0.6 is 0 Å². The van der Waals surface area contributed by atoms with Gasteiger partial charge in [-0.1, -0.05) is 18.2 Å². The first-order chi connectivity index (χ1) is 13.9. The Labute approximate surface area is 175 Å². The van der Waals surface area contributed by atoms with Gasteiger partial charge >= 0.3 is 12.3 Å². The van der Waals surface area contributed by atoms with Gasteiger partial charge in [-0.25, -0.2) is 4.79 Å². The van der Waals surface area contributed by atoms with Crippen LogP contribution in [0, 0.1) is 5.92 Å². The smallest absolute Gasteiger partial charge is 0.416 e. The van der Waals surface area contributed by atoms with Crippen molar-refractivity contribution in [3.05, 3.63) is 35.4 Å². The van der Waals surface area contributed by atoms with Crippen molar-refractivity contribution in [3.63, 3.8) is 0 Å². The second-order valence-electron chi connectivity index (χ2n) is 8.49. The van der Waals surface area contributed by atoms with Crippen molar-refractivity contribution in [2.24, 2.45) is 5.92 Å². The summed E-state index contributed by atoms with van der Waals surface area (Å²) in [6.45, 7) is 7.42. The van der Waals surface area contributed by atoms with Crippen molar-refractivity contribution in [2.75, 3.05) is 26.2 Å². The molecule has 168 valence electrons. The second kappa shape index (κ2) is 10.1. The molecule has 1 aliphatic heterocycles. The number of carbonyl (C=O) groups excluding carboxylic acids is 2. The van der Waals surface area contributed by atoms with E-state index in [-0.39, 0.29) is 24.9 Å². The molecule has 0 bridgehead atoms. The normalized spacial score (nSPS) is 18.0. The third-order valence-corrected chi connectivity index (χ3v) is 4.63. The Morgan fingerprint density at radius 1 is 1.17 bits per heavy atom. The van der Waals surface area contributed by atoms with Gasteiger partial charge in [-0.2, -0.15) is 13.2 Å².